The van der Waals surface area contributed by atoms with Crippen LogP contribution in [-0.2, 0) is 12.8 Å². The fraction of sp³-hybridized carbons (Fsp3) is 0.312. The van der Waals surface area contributed by atoms with E-state index < -0.39 is 0 Å². The lowest BCUT2D eigenvalue weighted by atomic mass is 9.85. The Morgan fingerprint density at radius 1 is 1.25 bits per heavy atom. The second-order valence-corrected chi connectivity index (χ2v) is 5.09. The van der Waals surface area contributed by atoms with E-state index in [4.69, 9.17) is 4.74 Å². The number of nitrogens with one attached hydrogen (secondary N) is 2. The Labute approximate surface area is 118 Å². The lowest BCUT2D eigenvalue weighted by molar-refractivity contribution is 0.238. The van der Waals surface area contributed by atoms with Crippen LogP contribution in [0.15, 0.2) is 30.3 Å². The average molecular weight is 270 g/mol. The van der Waals surface area contributed by atoms with Crippen LogP contribution in [0.2, 0.25) is 0 Å². The maximum atomic E-state index is 11.5. The van der Waals surface area contributed by atoms with Crippen LogP contribution in [0.3, 0.4) is 0 Å². The van der Waals surface area contributed by atoms with Crippen molar-refractivity contribution >= 4 is 16.8 Å². The van der Waals surface area contributed by atoms with E-state index in [1.807, 2.05) is 6.07 Å². The second kappa shape index (κ2) is 5.04. The number of hydrogen-bond acceptors (Lipinski definition) is 2. The maximum absolute atomic E-state index is 11.5. The van der Waals surface area contributed by atoms with Crippen LogP contribution in [0.5, 0.6) is 5.75 Å². The Kier molecular flexibility index (Phi) is 3.22. The number of benzene rings is 2. The maximum Gasteiger partial charge on any atom is 0.314 e. The number of urea groups is 1. The fourth-order valence-electron chi connectivity index (χ4n) is 3.02. The van der Waals surface area contributed by atoms with Crippen LogP contribution in [0.4, 0.5) is 4.79 Å². The standard InChI is InChI=1S/C16H18N2O2/c1-17-16(19)18-12-8-11-5-3-4-10-6-7-14(20-2)13(9-12)15(10)11/h3-7,12H,8-9H2,1-2H3,(H2,17,18,19). The first-order valence-corrected chi connectivity index (χ1v) is 6.78. The van der Waals surface area contributed by atoms with E-state index in [-0.39, 0.29) is 12.1 Å². The Hall–Kier alpha value is -2.23. The van der Waals surface area contributed by atoms with Crippen molar-refractivity contribution in [2.75, 3.05) is 14.2 Å². The van der Waals surface area contributed by atoms with Gasteiger partial charge in [0.2, 0.25) is 0 Å². The molecule has 3 rings (SSSR count). The van der Waals surface area contributed by atoms with Crippen molar-refractivity contribution in [1.82, 2.24) is 10.6 Å². The van der Waals surface area contributed by atoms with Crippen LogP contribution >= 0.6 is 0 Å². The molecule has 20 heavy (non-hydrogen) atoms. The van der Waals surface area contributed by atoms with Gasteiger partial charge in [-0.05, 0) is 35.2 Å². The first-order chi connectivity index (χ1) is 9.72. The van der Waals surface area contributed by atoms with Gasteiger partial charge in [0.1, 0.15) is 5.75 Å². The van der Waals surface area contributed by atoms with Gasteiger partial charge < -0.3 is 15.4 Å². The normalized spacial score (nSPS) is 16.8. The molecule has 2 aromatic rings. The minimum absolute atomic E-state index is 0.101. The van der Waals surface area contributed by atoms with Crippen LogP contribution in [-0.4, -0.2) is 26.2 Å². The SMILES string of the molecule is CNC(=O)NC1Cc2cccc3ccc(OC)c(c23)C1. The summed E-state index contributed by atoms with van der Waals surface area (Å²) in [5, 5.41) is 8.12. The van der Waals surface area contributed by atoms with Crippen molar-refractivity contribution in [2.24, 2.45) is 0 Å². The van der Waals surface area contributed by atoms with Crippen LogP contribution < -0.4 is 15.4 Å². The summed E-state index contributed by atoms with van der Waals surface area (Å²) in [5.41, 5.74) is 2.46. The molecule has 0 radical (unpaired) electrons. The van der Waals surface area contributed by atoms with Crippen molar-refractivity contribution in [3.8, 4) is 5.75 Å². The summed E-state index contributed by atoms with van der Waals surface area (Å²) in [6.45, 7) is 0. The summed E-state index contributed by atoms with van der Waals surface area (Å²) in [4.78, 5) is 11.5. The van der Waals surface area contributed by atoms with E-state index in [0.717, 1.165) is 18.6 Å². The summed E-state index contributed by atoms with van der Waals surface area (Å²) in [7, 11) is 3.32. The van der Waals surface area contributed by atoms with Gasteiger partial charge in [0.25, 0.3) is 0 Å². The Bertz CT molecular complexity index is 667. The third-order valence-electron chi connectivity index (χ3n) is 3.90. The molecule has 104 valence electrons. The van der Waals surface area contributed by atoms with Gasteiger partial charge in [-0.15, -0.1) is 0 Å². The van der Waals surface area contributed by atoms with Gasteiger partial charge in [0.05, 0.1) is 7.11 Å². The zero-order chi connectivity index (χ0) is 14.1. The van der Waals surface area contributed by atoms with E-state index in [2.05, 4.69) is 34.9 Å². The number of rotatable bonds is 2. The van der Waals surface area contributed by atoms with Gasteiger partial charge in [-0.25, -0.2) is 4.79 Å². The van der Waals surface area contributed by atoms with Crippen LogP contribution in [0, 0.1) is 0 Å². The second-order valence-electron chi connectivity index (χ2n) is 5.09. The van der Waals surface area contributed by atoms with Gasteiger partial charge in [0.15, 0.2) is 0 Å². The van der Waals surface area contributed by atoms with Crippen LogP contribution in [0.25, 0.3) is 10.8 Å². The summed E-state index contributed by atoms with van der Waals surface area (Å²) in [6.07, 6.45) is 1.65. The Morgan fingerprint density at radius 2 is 2.10 bits per heavy atom. The number of ether oxygens (including phenoxy) is 1. The Balaban J connectivity index is 2.06. The monoisotopic (exact) mass is 270 g/mol. The third-order valence-corrected chi connectivity index (χ3v) is 3.90. The molecule has 4 heteroatoms. The van der Waals surface area contributed by atoms with E-state index >= 15 is 0 Å². The lowest BCUT2D eigenvalue weighted by Gasteiger charge is -2.27. The molecule has 0 heterocycles. The molecular weight excluding hydrogens is 252 g/mol. The molecule has 0 saturated heterocycles. The van der Waals surface area contributed by atoms with Gasteiger partial charge in [0, 0.05) is 18.7 Å². The predicted octanol–water partition coefficient (Wildman–Crippen LogP) is 2.24. The van der Waals surface area contributed by atoms with E-state index in [9.17, 15) is 4.79 Å². The van der Waals surface area contributed by atoms with Gasteiger partial charge in [-0.1, -0.05) is 24.3 Å². The molecule has 2 amide bonds. The lowest BCUT2D eigenvalue weighted by Crippen LogP contribution is -2.43. The molecule has 0 spiro atoms. The van der Waals surface area contributed by atoms with Crippen molar-refractivity contribution in [2.45, 2.75) is 18.9 Å². The molecule has 0 fully saturated rings. The quantitative estimate of drug-likeness (QED) is 0.879. The molecule has 0 aliphatic heterocycles. The number of carbonyl (C=O) groups is 1. The molecule has 1 aliphatic carbocycles. The largest absolute Gasteiger partial charge is 0.496 e. The molecule has 2 N–H and O–H groups in total. The first kappa shape index (κ1) is 12.8. The number of carbonyl (C=O) groups excluding carboxylic acids is 1. The smallest absolute Gasteiger partial charge is 0.314 e. The van der Waals surface area contributed by atoms with Crippen molar-refractivity contribution in [1.29, 1.82) is 0 Å². The van der Waals surface area contributed by atoms with E-state index in [1.54, 1.807) is 14.2 Å². The fourth-order valence-corrected chi connectivity index (χ4v) is 3.02. The van der Waals surface area contributed by atoms with Crippen molar-refractivity contribution in [3.05, 3.63) is 41.5 Å². The molecular formula is C16H18N2O2. The highest BCUT2D eigenvalue weighted by Gasteiger charge is 2.24. The summed E-state index contributed by atoms with van der Waals surface area (Å²) in [5.74, 6) is 0.897. The molecule has 0 aromatic heterocycles. The highest BCUT2D eigenvalue weighted by molar-refractivity contribution is 5.92. The molecule has 1 aliphatic rings. The van der Waals surface area contributed by atoms with Crippen molar-refractivity contribution in [3.63, 3.8) is 0 Å². The predicted molar refractivity (Wildman–Crippen MR) is 79.3 cm³/mol. The molecule has 4 nitrogen and oxygen atoms in total. The zero-order valence-electron chi connectivity index (χ0n) is 11.7. The topological polar surface area (TPSA) is 50.4 Å². The van der Waals surface area contributed by atoms with E-state index in [0.29, 0.717) is 0 Å². The molecule has 0 saturated carbocycles. The molecule has 2 aromatic carbocycles. The molecule has 1 atom stereocenters. The summed E-state index contributed by atoms with van der Waals surface area (Å²) in [6, 6.07) is 10.4. The Morgan fingerprint density at radius 3 is 2.85 bits per heavy atom. The number of methoxy groups -OCH3 is 1. The average Bonchev–Trinajstić information content (AvgIpc) is 2.47. The molecule has 0 bridgehead atoms. The van der Waals surface area contributed by atoms with Gasteiger partial charge in [-0.3, -0.25) is 0 Å². The first-order valence-electron chi connectivity index (χ1n) is 6.78. The highest BCUT2D eigenvalue weighted by Crippen LogP contribution is 2.35. The number of amides is 2. The highest BCUT2D eigenvalue weighted by atomic mass is 16.5. The van der Waals surface area contributed by atoms with Crippen molar-refractivity contribution < 1.29 is 9.53 Å². The molecule has 1 unspecified atom stereocenters. The number of hydrogen-bond donors (Lipinski definition) is 2. The van der Waals surface area contributed by atoms with Gasteiger partial charge in [-0.2, -0.15) is 0 Å². The van der Waals surface area contributed by atoms with Gasteiger partial charge >= 0.3 is 6.03 Å². The summed E-state index contributed by atoms with van der Waals surface area (Å²) >= 11 is 0. The zero-order valence-corrected chi connectivity index (χ0v) is 11.7. The third kappa shape index (κ3) is 2.07. The minimum Gasteiger partial charge on any atom is -0.496 e. The minimum atomic E-state index is -0.138. The van der Waals surface area contributed by atoms with Crippen LogP contribution in [0.1, 0.15) is 11.1 Å². The van der Waals surface area contributed by atoms with E-state index in [1.165, 1.54) is 21.9 Å². The summed E-state index contributed by atoms with van der Waals surface area (Å²) < 4.78 is 5.48.